The van der Waals surface area contributed by atoms with E-state index < -0.39 is 6.10 Å². The van der Waals surface area contributed by atoms with Gasteiger partial charge in [-0.05, 0) is 44.1 Å². The first-order chi connectivity index (χ1) is 9.19. The maximum atomic E-state index is 9.95. The molecule has 4 nitrogen and oxygen atoms in total. The molecule has 19 heavy (non-hydrogen) atoms. The molecule has 1 aliphatic rings. The van der Waals surface area contributed by atoms with Gasteiger partial charge >= 0.3 is 0 Å². The van der Waals surface area contributed by atoms with Crippen LogP contribution in [0.25, 0.3) is 0 Å². The quantitative estimate of drug-likeness (QED) is 0.866. The molecular weight excluding hydrogens is 262 g/mol. The fourth-order valence-corrected chi connectivity index (χ4v) is 2.50. The van der Waals surface area contributed by atoms with E-state index in [1.165, 1.54) is 12.8 Å². The van der Waals surface area contributed by atoms with Crippen LogP contribution in [0.4, 0.5) is 5.69 Å². The minimum atomic E-state index is -0.396. The van der Waals surface area contributed by atoms with Crippen molar-refractivity contribution in [3.63, 3.8) is 0 Å². The van der Waals surface area contributed by atoms with Gasteiger partial charge in [0, 0.05) is 18.8 Å². The standard InChI is InChI=1S/C14H18ClN3O/c15-14-7-12(4-3-11(14)8-16)17-9-13(19)10-18-5-1-2-6-18/h3-4,7,13,17,19H,1-2,5-6,9-10H2. The smallest absolute Gasteiger partial charge is 0.101 e. The van der Waals surface area contributed by atoms with Crippen LogP contribution in [0.5, 0.6) is 0 Å². The molecule has 1 heterocycles. The van der Waals surface area contributed by atoms with E-state index in [0.29, 0.717) is 23.7 Å². The highest BCUT2D eigenvalue weighted by Crippen LogP contribution is 2.20. The fraction of sp³-hybridized carbons (Fsp3) is 0.500. The molecule has 0 aliphatic carbocycles. The van der Waals surface area contributed by atoms with Gasteiger partial charge in [0.2, 0.25) is 0 Å². The van der Waals surface area contributed by atoms with E-state index in [0.717, 1.165) is 18.8 Å². The zero-order chi connectivity index (χ0) is 13.7. The molecule has 0 spiro atoms. The van der Waals surface area contributed by atoms with Crippen LogP contribution in [-0.2, 0) is 0 Å². The Hall–Kier alpha value is -1.28. The van der Waals surface area contributed by atoms with E-state index in [4.69, 9.17) is 16.9 Å². The maximum absolute atomic E-state index is 9.95. The van der Waals surface area contributed by atoms with Crippen LogP contribution in [-0.4, -0.2) is 42.3 Å². The van der Waals surface area contributed by atoms with Gasteiger partial charge in [-0.3, -0.25) is 0 Å². The SMILES string of the molecule is N#Cc1ccc(NCC(O)CN2CCCC2)cc1Cl. The van der Waals surface area contributed by atoms with Crippen molar-refractivity contribution in [3.8, 4) is 6.07 Å². The summed E-state index contributed by atoms with van der Waals surface area (Å²) in [6.45, 7) is 3.36. The molecule has 1 unspecified atom stereocenters. The van der Waals surface area contributed by atoms with Gasteiger partial charge in [-0.1, -0.05) is 11.6 Å². The minimum Gasteiger partial charge on any atom is -0.390 e. The van der Waals surface area contributed by atoms with Gasteiger partial charge in [-0.2, -0.15) is 5.26 Å². The van der Waals surface area contributed by atoms with Crippen molar-refractivity contribution >= 4 is 17.3 Å². The average Bonchev–Trinajstić information content (AvgIpc) is 2.89. The second-order valence-corrected chi connectivity index (χ2v) is 5.26. The van der Waals surface area contributed by atoms with E-state index in [9.17, 15) is 5.11 Å². The van der Waals surface area contributed by atoms with Crippen molar-refractivity contribution < 1.29 is 5.11 Å². The Kier molecular flexibility index (Phi) is 5.03. The first kappa shape index (κ1) is 14.1. The number of hydrogen-bond donors (Lipinski definition) is 2. The normalized spacial score (nSPS) is 17.1. The van der Waals surface area contributed by atoms with Gasteiger partial charge in [0.15, 0.2) is 0 Å². The molecule has 0 aromatic heterocycles. The number of aliphatic hydroxyl groups excluding tert-OH is 1. The fourth-order valence-electron chi connectivity index (χ4n) is 2.28. The number of benzene rings is 1. The topological polar surface area (TPSA) is 59.3 Å². The lowest BCUT2D eigenvalue weighted by atomic mass is 10.2. The molecule has 1 atom stereocenters. The van der Waals surface area contributed by atoms with Crippen molar-refractivity contribution in [2.75, 3.05) is 31.5 Å². The van der Waals surface area contributed by atoms with Crippen molar-refractivity contribution in [1.29, 1.82) is 5.26 Å². The predicted octanol–water partition coefficient (Wildman–Crippen LogP) is 2.08. The first-order valence-corrected chi connectivity index (χ1v) is 6.91. The van der Waals surface area contributed by atoms with Crippen LogP contribution in [0.2, 0.25) is 5.02 Å². The summed E-state index contributed by atoms with van der Waals surface area (Å²) in [5.74, 6) is 0. The number of likely N-dealkylation sites (tertiary alicyclic amines) is 1. The third kappa shape index (κ3) is 4.10. The van der Waals surface area contributed by atoms with E-state index >= 15 is 0 Å². The molecule has 0 bridgehead atoms. The van der Waals surface area contributed by atoms with Crippen molar-refractivity contribution in [2.45, 2.75) is 18.9 Å². The summed E-state index contributed by atoms with van der Waals surface area (Å²) in [5.41, 5.74) is 1.29. The highest BCUT2D eigenvalue weighted by molar-refractivity contribution is 6.32. The van der Waals surface area contributed by atoms with Gasteiger partial charge in [-0.25, -0.2) is 0 Å². The second-order valence-electron chi connectivity index (χ2n) is 4.85. The lowest BCUT2D eigenvalue weighted by molar-refractivity contribution is 0.135. The maximum Gasteiger partial charge on any atom is 0.101 e. The number of nitriles is 1. The van der Waals surface area contributed by atoms with Crippen LogP contribution in [0.15, 0.2) is 18.2 Å². The molecule has 0 saturated carbocycles. The summed E-state index contributed by atoms with van der Waals surface area (Å²) in [7, 11) is 0. The van der Waals surface area contributed by atoms with E-state index in [-0.39, 0.29) is 0 Å². The summed E-state index contributed by atoms with van der Waals surface area (Å²) in [5, 5.41) is 22.3. The van der Waals surface area contributed by atoms with Gasteiger partial charge in [-0.15, -0.1) is 0 Å². The van der Waals surface area contributed by atoms with Crippen LogP contribution in [0, 0.1) is 11.3 Å². The van der Waals surface area contributed by atoms with E-state index in [1.54, 1.807) is 18.2 Å². The molecule has 102 valence electrons. The molecular formula is C14H18ClN3O. The highest BCUT2D eigenvalue weighted by atomic mass is 35.5. The highest BCUT2D eigenvalue weighted by Gasteiger charge is 2.15. The summed E-state index contributed by atoms with van der Waals surface area (Å²) < 4.78 is 0. The minimum absolute atomic E-state index is 0.396. The molecule has 0 amide bonds. The monoisotopic (exact) mass is 279 g/mol. The summed E-state index contributed by atoms with van der Waals surface area (Å²) in [4.78, 5) is 2.28. The second kappa shape index (κ2) is 6.76. The van der Waals surface area contributed by atoms with Gasteiger partial charge in [0.25, 0.3) is 0 Å². The summed E-state index contributed by atoms with van der Waals surface area (Å²) in [6, 6.07) is 7.21. The Morgan fingerprint density at radius 1 is 1.42 bits per heavy atom. The Bertz CT molecular complexity index is 466. The zero-order valence-electron chi connectivity index (χ0n) is 10.8. The third-order valence-corrected chi connectivity index (χ3v) is 3.61. The van der Waals surface area contributed by atoms with E-state index in [1.807, 2.05) is 6.07 Å². The number of β-amino-alcohol motifs (C(OH)–C–C–N with tert-alkyl or cyclic N) is 1. The molecule has 2 rings (SSSR count). The number of nitrogens with zero attached hydrogens (tertiary/aromatic N) is 2. The number of anilines is 1. The number of nitrogens with one attached hydrogen (secondary N) is 1. The molecule has 1 fully saturated rings. The van der Waals surface area contributed by atoms with Crippen LogP contribution < -0.4 is 5.32 Å². The predicted molar refractivity (Wildman–Crippen MR) is 76.3 cm³/mol. The summed E-state index contributed by atoms with van der Waals surface area (Å²) >= 11 is 5.95. The van der Waals surface area contributed by atoms with Gasteiger partial charge in [0.05, 0.1) is 16.7 Å². The number of aliphatic hydroxyl groups is 1. The average molecular weight is 280 g/mol. The molecule has 2 N–H and O–H groups in total. The Balaban J connectivity index is 1.81. The Morgan fingerprint density at radius 3 is 2.79 bits per heavy atom. The summed E-state index contributed by atoms with van der Waals surface area (Å²) in [6.07, 6.45) is 2.06. The van der Waals surface area contributed by atoms with Crippen LogP contribution in [0.3, 0.4) is 0 Å². The largest absolute Gasteiger partial charge is 0.390 e. The first-order valence-electron chi connectivity index (χ1n) is 6.53. The van der Waals surface area contributed by atoms with Crippen LogP contribution in [0.1, 0.15) is 18.4 Å². The van der Waals surface area contributed by atoms with Crippen molar-refractivity contribution in [1.82, 2.24) is 4.90 Å². The Labute approximate surface area is 118 Å². The van der Waals surface area contributed by atoms with E-state index in [2.05, 4.69) is 10.2 Å². The lowest BCUT2D eigenvalue weighted by Crippen LogP contribution is -2.34. The molecule has 1 aromatic carbocycles. The molecule has 5 heteroatoms. The van der Waals surface area contributed by atoms with Gasteiger partial charge in [0.1, 0.15) is 6.07 Å². The third-order valence-electron chi connectivity index (χ3n) is 3.30. The van der Waals surface area contributed by atoms with Crippen molar-refractivity contribution in [2.24, 2.45) is 0 Å². The molecule has 0 radical (unpaired) electrons. The van der Waals surface area contributed by atoms with Crippen molar-refractivity contribution in [3.05, 3.63) is 28.8 Å². The van der Waals surface area contributed by atoms with Gasteiger partial charge < -0.3 is 15.3 Å². The zero-order valence-corrected chi connectivity index (χ0v) is 11.5. The number of halogens is 1. The number of hydrogen-bond acceptors (Lipinski definition) is 4. The van der Waals surface area contributed by atoms with Crippen LogP contribution >= 0.6 is 11.6 Å². The molecule has 1 aromatic rings. The molecule has 1 aliphatic heterocycles. The lowest BCUT2D eigenvalue weighted by Gasteiger charge is -2.20. The number of rotatable bonds is 5. The Morgan fingerprint density at radius 2 is 2.16 bits per heavy atom. The molecule has 1 saturated heterocycles.